The van der Waals surface area contributed by atoms with Gasteiger partial charge in [0, 0.05) is 55.2 Å². The lowest BCUT2D eigenvalue weighted by molar-refractivity contribution is 0.00638. The highest BCUT2D eigenvalue weighted by Gasteiger charge is 2.28. The predicted molar refractivity (Wildman–Crippen MR) is 206 cm³/mol. The lowest BCUT2D eigenvalue weighted by Gasteiger charge is -2.31. The molecule has 0 unspecified atom stereocenters. The number of aryl methyl sites for hydroxylation is 1. The second-order valence-corrected chi connectivity index (χ2v) is 16.0. The Bertz CT molecular complexity index is 2020. The molecule has 5 aromatic rings. The van der Waals surface area contributed by atoms with Crippen LogP contribution < -0.4 is 10.2 Å². The fourth-order valence-electron chi connectivity index (χ4n) is 7.26. The summed E-state index contributed by atoms with van der Waals surface area (Å²) < 4.78 is 14.9. The summed E-state index contributed by atoms with van der Waals surface area (Å²) in [6.45, 7) is 11.0. The summed E-state index contributed by atoms with van der Waals surface area (Å²) in [6.07, 6.45) is 9.97. The standard InChI is InChI=1S/C41H48N6O4S/c1-27-32(24-42-47(27)21-11-23-50-26-28-12-6-5-7-13-28)30-18-19-36(44-37(30)39(49)51-41(2,3)4)46-22-20-29-14-10-15-31(33(29)25-46)38(48)45-40-43-34-16-8-9-17-35(34)52-40/h8-10,14-19,24,28H,5-7,11-13,20-23,25-26H2,1-4H3,(H,43,45,48). The van der Waals surface area contributed by atoms with E-state index in [-0.39, 0.29) is 11.6 Å². The first kappa shape index (κ1) is 35.8. The van der Waals surface area contributed by atoms with Crippen molar-refractivity contribution in [2.45, 2.75) is 91.3 Å². The highest BCUT2D eigenvalue weighted by molar-refractivity contribution is 7.22. The number of nitrogens with zero attached hydrogens (tertiary/aromatic N) is 5. The van der Waals surface area contributed by atoms with Gasteiger partial charge in [0.1, 0.15) is 11.4 Å². The Morgan fingerprint density at radius 1 is 0.981 bits per heavy atom. The van der Waals surface area contributed by atoms with Gasteiger partial charge >= 0.3 is 5.97 Å². The number of ether oxygens (including phenoxy) is 2. The second-order valence-electron chi connectivity index (χ2n) is 14.9. The van der Waals surface area contributed by atoms with Gasteiger partial charge in [-0.3, -0.25) is 14.8 Å². The van der Waals surface area contributed by atoms with Gasteiger partial charge < -0.3 is 14.4 Å². The molecule has 1 amide bonds. The van der Waals surface area contributed by atoms with Gasteiger partial charge in [-0.15, -0.1) is 0 Å². The minimum absolute atomic E-state index is 0.196. The van der Waals surface area contributed by atoms with Crippen LogP contribution in [0.2, 0.25) is 0 Å². The molecule has 11 heteroatoms. The Morgan fingerprint density at radius 3 is 2.62 bits per heavy atom. The van der Waals surface area contributed by atoms with Gasteiger partial charge in [0.05, 0.1) is 16.4 Å². The molecule has 272 valence electrons. The van der Waals surface area contributed by atoms with Crippen molar-refractivity contribution >= 4 is 44.4 Å². The summed E-state index contributed by atoms with van der Waals surface area (Å²) in [7, 11) is 0. The number of esters is 1. The van der Waals surface area contributed by atoms with Crippen molar-refractivity contribution in [1.29, 1.82) is 0 Å². The zero-order chi connectivity index (χ0) is 36.2. The summed E-state index contributed by atoms with van der Waals surface area (Å²) in [5, 5.41) is 8.28. The summed E-state index contributed by atoms with van der Waals surface area (Å²) in [5.74, 6) is 0.668. The molecule has 0 spiro atoms. The SMILES string of the molecule is Cc1c(-c2ccc(N3CCc4cccc(C(=O)Nc5nc6ccccc6s5)c4C3)nc2C(=O)OC(C)(C)C)cnn1CCCOCC1CCCCC1. The van der Waals surface area contributed by atoms with Gasteiger partial charge in [-0.2, -0.15) is 5.10 Å². The smallest absolute Gasteiger partial charge is 0.358 e. The number of pyridine rings is 1. The third kappa shape index (κ3) is 8.21. The number of hydrogen-bond donors (Lipinski definition) is 1. The van der Waals surface area contributed by atoms with E-state index in [1.807, 2.05) is 87.1 Å². The number of carbonyl (C=O) groups is 2. The maximum atomic E-state index is 13.8. The first-order valence-electron chi connectivity index (χ1n) is 18.5. The van der Waals surface area contributed by atoms with E-state index in [0.29, 0.717) is 47.7 Å². The number of para-hydroxylation sites is 1. The number of rotatable bonds is 11. The number of aromatic nitrogens is 4. The van der Waals surface area contributed by atoms with Crippen LogP contribution in [0.25, 0.3) is 21.3 Å². The largest absolute Gasteiger partial charge is 0.455 e. The van der Waals surface area contributed by atoms with E-state index in [0.717, 1.165) is 58.6 Å². The normalized spacial score (nSPS) is 15.1. The summed E-state index contributed by atoms with van der Waals surface area (Å²) >= 11 is 1.46. The molecule has 4 heterocycles. The van der Waals surface area contributed by atoms with E-state index in [1.165, 1.54) is 43.4 Å². The van der Waals surface area contributed by atoms with Crippen LogP contribution in [0.4, 0.5) is 10.9 Å². The quantitative estimate of drug-likeness (QED) is 0.107. The Kier molecular flexibility index (Phi) is 10.7. The number of carbonyl (C=O) groups excluding carboxylic acids is 2. The van der Waals surface area contributed by atoms with Crippen LogP contribution >= 0.6 is 11.3 Å². The zero-order valence-corrected chi connectivity index (χ0v) is 31.4. The number of benzene rings is 2. The molecular weight excluding hydrogens is 673 g/mol. The van der Waals surface area contributed by atoms with Crippen LogP contribution in [-0.2, 0) is 29.0 Å². The van der Waals surface area contributed by atoms with Crippen molar-refractivity contribution in [1.82, 2.24) is 19.7 Å². The summed E-state index contributed by atoms with van der Waals surface area (Å²) in [5.41, 5.74) is 5.57. The minimum atomic E-state index is -0.696. The van der Waals surface area contributed by atoms with Crippen LogP contribution in [-0.4, -0.2) is 57.0 Å². The molecule has 1 saturated carbocycles. The third-order valence-corrected chi connectivity index (χ3v) is 10.9. The van der Waals surface area contributed by atoms with E-state index in [9.17, 15) is 9.59 Å². The van der Waals surface area contributed by atoms with Crippen LogP contribution in [0.5, 0.6) is 0 Å². The van der Waals surface area contributed by atoms with Crippen LogP contribution in [0, 0.1) is 12.8 Å². The number of amides is 1. The van der Waals surface area contributed by atoms with Gasteiger partial charge in [0.15, 0.2) is 10.8 Å². The Hall–Kier alpha value is -4.61. The average Bonchev–Trinajstić information content (AvgIpc) is 3.72. The van der Waals surface area contributed by atoms with E-state index in [1.54, 1.807) is 0 Å². The Balaban J connectivity index is 1.09. The van der Waals surface area contributed by atoms with Crippen molar-refractivity contribution in [3.8, 4) is 11.1 Å². The molecule has 52 heavy (non-hydrogen) atoms. The first-order chi connectivity index (χ1) is 25.1. The monoisotopic (exact) mass is 720 g/mol. The average molecular weight is 721 g/mol. The van der Waals surface area contributed by atoms with Gasteiger partial charge in [0.2, 0.25) is 0 Å². The number of thiazole rings is 1. The molecule has 0 bridgehead atoms. The first-order valence-corrected chi connectivity index (χ1v) is 19.3. The fraction of sp³-hybridized carbons (Fsp3) is 0.439. The van der Waals surface area contributed by atoms with Crippen molar-refractivity contribution in [2.75, 3.05) is 30.0 Å². The fourth-order valence-corrected chi connectivity index (χ4v) is 8.12. The number of fused-ring (bicyclic) bond motifs is 2. The Labute approximate surface area is 309 Å². The van der Waals surface area contributed by atoms with E-state index < -0.39 is 11.6 Å². The lowest BCUT2D eigenvalue weighted by atomic mass is 9.90. The van der Waals surface area contributed by atoms with Crippen LogP contribution in [0.1, 0.15) is 97.0 Å². The molecule has 7 rings (SSSR count). The van der Waals surface area contributed by atoms with Gasteiger partial charge in [-0.25, -0.2) is 14.8 Å². The third-order valence-electron chi connectivity index (χ3n) is 9.96. The summed E-state index contributed by atoms with van der Waals surface area (Å²) in [6, 6.07) is 17.6. The highest BCUT2D eigenvalue weighted by atomic mass is 32.1. The number of nitrogens with one attached hydrogen (secondary N) is 1. The predicted octanol–water partition coefficient (Wildman–Crippen LogP) is 8.62. The molecule has 2 aliphatic rings. The second kappa shape index (κ2) is 15.6. The molecule has 2 aromatic carbocycles. The van der Waals surface area contributed by atoms with Crippen LogP contribution in [0.15, 0.2) is 60.8 Å². The number of hydrogen-bond acceptors (Lipinski definition) is 9. The molecule has 10 nitrogen and oxygen atoms in total. The maximum absolute atomic E-state index is 13.8. The molecular formula is C41H48N6O4S. The zero-order valence-electron chi connectivity index (χ0n) is 30.6. The van der Waals surface area contributed by atoms with Gasteiger partial charge in [-0.05, 0) is 101 Å². The molecule has 1 aliphatic carbocycles. The molecule has 0 atom stereocenters. The lowest BCUT2D eigenvalue weighted by Crippen LogP contribution is -2.33. The topological polar surface area (TPSA) is 111 Å². The summed E-state index contributed by atoms with van der Waals surface area (Å²) in [4.78, 5) is 39.1. The van der Waals surface area contributed by atoms with Gasteiger partial charge in [-0.1, -0.05) is 54.9 Å². The molecule has 1 N–H and O–H groups in total. The van der Waals surface area contributed by atoms with Crippen molar-refractivity contribution in [3.63, 3.8) is 0 Å². The molecule has 0 saturated heterocycles. The van der Waals surface area contributed by atoms with E-state index in [4.69, 9.17) is 14.5 Å². The molecule has 3 aromatic heterocycles. The Morgan fingerprint density at radius 2 is 1.81 bits per heavy atom. The molecule has 1 aliphatic heterocycles. The maximum Gasteiger partial charge on any atom is 0.358 e. The van der Waals surface area contributed by atoms with Gasteiger partial charge in [0.25, 0.3) is 5.91 Å². The minimum Gasteiger partial charge on any atom is -0.455 e. The van der Waals surface area contributed by atoms with E-state index >= 15 is 0 Å². The van der Waals surface area contributed by atoms with Crippen molar-refractivity contribution in [3.05, 3.63) is 88.9 Å². The van der Waals surface area contributed by atoms with Crippen molar-refractivity contribution in [2.24, 2.45) is 5.92 Å². The number of anilines is 2. The van der Waals surface area contributed by atoms with Crippen LogP contribution in [0.3, 0.4) is 0 Å². The van der Waals surface area contributed by atoms with Crippen molar-refractivity contribution < 1.29 is 19.1 Å². The molecule has 0 radical (unpaired) electrons. The molecule has 1 fully saturated rings. The van der Waals surface area contributed by atoms with E-state index in [2.05, 4.69) is 26.4 Å². The highest BCUT2D eigenvalue weighted by Crippen LogP contribution is 2.33.